The van der Waals surface area contributed by atoms with Crippen molar-refractivity contribution < 1.29 is 14.3 Å². The number of likely N-dealkylation sites (N-methyl/N-ethyl adjacent to an activating group) is 1. The van der Waals surface area contributed by atoms with Gasteiger partial charge in [0.1, 0.15) is 5.75 Å². The molecule has 2 aromatic rings. The van der Waals surface area contributed by atoms with E-state index in [9.17, 15) is 14.4 Å². The molecule has 1 unspecified atom stereocenters. The molecule has 3 heterocycles. The summed E-state index contributed by atoms with van der Waals surface area (Å²) in [6, 6.07) is 7.06. The van der Waals surface area contributed by atoms with Crippen LogP contribution in [0.25, 0.3) is 0 Å². The van der Waals surface area contributed by atoms with E-state index >= 15 is 0 Å². The minimum absolute atomic E-state index is 0.0113. The van der Waals surface area contributed by atoms with Gasteiger partial charge in [-0.25, -0.2) is 0 Å². The SMILES string of the molecule is CCN1C(=O)COc2cc3c(cc21)NC(=O)CC3c1ccc[nH]c1=O. The smallest absolute Gasteiger partial charge is 0.265 e. The van der Waals surface area contributed by atoms with Gasteiger partial charge < -0.3 is 19.9 Å². The zero-order valence-corrected chi connectivity index (χ0v) is 13.7. The second kappa shape index (κ2) is 5.77. The molecule has 2 N–H and O–H groups in total. The van der Waals surface area contributed by atoms with E-state index in [0.29, 0.717) is 29.2 Å². The van der Waals surface area contributed by atoms with Crippen molar-refractivity contribution in [3.63, 3.8) is 0 Å². The van der Waals surface area contributed by atoms with Crippen LogP contribution >= 0.6 is 0 Å². The molecular weight excluding hydrogens is 322 g/mol. The fourth-order valence-electron chi connectivity index (χ4n) is 3.49. The lowest BCUT2D eigenvalue weighted by Crippen LogP contribution is -2.39. The zero-order valence-electron chi connectivity index (χ0n) is 13.7. The Labute approximate surface area is 143 Å². The van der Waals surface area contributed by atoms with E-state index in [-0.39, 0.29) is 36.3 Å². The summed E-state index contributed by atoms with van der Waals surface area (Å²) in [5.41, 5.74) is 2.40. The highest BCUT2D eigenvalue weighted by Gasteiger charge is 2.32. The van der Waals surface area contributed by atoms with Crippen LogP contribution in [0, 0.1) is 0 Å². The number of amides is 2. The molecule has 0 spiro atoms. The van der Waals surface area contributed by atoms with Gasteiger partial charge in [0, 0.05) is 36.3 Å². The third-order valence-corrected chi connectivity index (χ3v) is 4.65. The van der Waals surface area contributed by atoms with Gasteiger partial charge in [0.25, 0.3) is 11.5 Å². The van der Waals surface area contributed by atoms with Crippen molar-refractivity contribution in [1.82, 2.24) is 4.98 Å². The molecule has 1 aromatic heterocycles. The Hall–Kier alpha value is -3.09. The number of hydrogen-bond acceptors (Lipinski definition) is 4. The number of ether oxygens (including phenoxy) is 1. The number of fused-ring (bicyclic) bond motifs is 2. The highest BCUT2D eigenvalue weighted by atomic mass is 16.5. The van der Waals surface area contributed by atoms with Crippen LogP contribution in [0.4, 0.5) is 11.4 Å². The number of hydrogen-bond donors (Lipinski definition) is 2. The molecule has 0 radical (unpaired) electrons. The predicted molar refractivity (Wildman–Crippen MR) is 92.1 cm³/mol. The van der Waals surface area contributed by atoms with Crippen molar-refractivity contribution in [2.45, 2.75) is 19.3 Å². The van der Waals surface area contributed by atoms with Crippen LogP contribution in [0.2, 0.25) is 0 Å². The summed E-state index contributed by atoms with van der Waals surface area (Å²) in [6.45, 7) is 2.39. The maximum Gasteiger partial charge on any atom is 0.265 e. The quantitative estimate of drug-likeness (QED) is 0.869. The van der Waals surface area contributed by atoms with Gasteiger partial charge >= 0.3 is 0 Å². The number of anilines is 2. The van der Waals surface area contributed by atoms with Crippen LogP contribution in [-0.2, 0) is 9.59 Å². The first-order valence-corrected chi connectivity index (χ1v) is 8.17. The number of rotatable bonds is 2. The number of aromatic amines is 1. The van der Waals surface area contributed by atoms with E-state index in [4.69, 9.17) is 4.74 Å². The van der Waals surface area contributed by atoms with E-state index in [1.54, 1.807) is 29.3 Å². The number of benzene rings is 1. The standard InChI is InChI=1S/C18H17N3O4/c1-2-21-14-8-13-12(6-15(14)25-9-17(21)23)11(7-16(22)20-13)10-4-3-5-19-18(10)24/h3-6,8,11H,2,7,9H2,1H3,(H,19,24)(H,20,22). The normalized spacial score (nSPS) is 18.9. The Bertz CT molecular complexity index is 934. The lowest BCUT2D eigenvalue weighted by atomic mass is 9.85. The van der Waals surface area contributed by atoms with Crippen molar-refractivity contribution in [3.05, 3.63) is 51.9 Å². The summed E-state index contributed by atoms with van der Waals surface area (Å²) in [5.74, 6) is -0.0380. The first kappa shape index (κ1) is 15.4. The van der Waals surface area contributed by atoms with Crippen LogP contribution < -0.4 is 20.5 Å². The van der Waals surface area contributed by atoms with E-state index in [1.807, 2.05) is 13.0 Å². The van der Waals surface area contributed by atoms with E-state index in [1.165, 1.54) is 0 Å². The molecular formula is C18H17N3O4. The van der Waals surface area contributed by atoms with Crippen molar-refractivity contribution in [1.29, 1.82) is 0 Å². The summed E-state index contributed by atoms with van der Waals surface area (Å²) in [6.07, 6.45) is 1.76. The highest BCUT2D eigenvalue weighted by Crippen LogP contribution is 2.43. The molecule has 2 aliphatic rings. The molecule has 0 bridgehead atoms. The molecule has 0 saturated heterocycles. The van der Waals surface area contributed by atoms with Gasteiger partial charge in [-0.2, -0.15) is 0 Å². The molecule has 2 aliphatic heterocycles. The largest absolute Gasteiger partial charge is 0.482 e. The first-order chi connectivity index (χ1) is 12.1. The second-order valence-electron chi connectivity index (χ2n) is 6.09. The van der Waals surface area contributed by atoms with E-state index < -0.39 is 0 Å². The van der Waals surface area contributed by atoms with Crippen LogP contribution in [0.1, 0.15) is 30.4 Å². The van der Waals surface area contributed by atoms with Crippen LogP contribution in [-0.4, -0.2) is 29.9 Å². The van der Waals surface area contributed by atoms with Crippen molar-refractivity contribution in [2.24, 2.45) is 0 Å². The van der Waals surface area contributed by atoms with Crippen molar-refractivity contribution in [3.8, 4) is 5.75 Å². The molecule has 2 amide bonds. The Morgan fingerprint density at radius 3 is 2.84 bits per heavy atom. The van der Waals surface area contributed by atoms with Gasteiger partial charge in [0.2, 0.25) is 5.91 Å². The molecule has 7 nitrogen and oxygen atoms in total. The molecule has 1 atom stereocenters. The monoisotopic (exact) mass is 339 g/mol. The molecule has 0 saturated carbocycles. The number of aromatic nitrogens is 1. The summed E-state index contributed by atoms with van der Waals surface area (Å²) in [5, 5.41) is 2.84. The van der Waals surface area contributed by atoms with Crippen LogP contribution in [0.5, 0.6) is 5.75 Å². The van der Waals surface area contributed by atoms with Crippen molar-refractivity contribution in [2.75, 3.05) is 23.4 Å². The first-order valence-electron chi connectivity index (χ1n) is 8.17. The van der Waals surface area contributed by atoms with Gasteiger partial charge in [-0.05, 0) is 30.7 Å². The zero-order chi connectivity index (χ0) is 17.6. The minimum atomic E-state index is -0.352. The number of nitrogens with one attached hydrogen (secondary N) is 2. The number of nitrogens with zero attached hydrogens (tertiary/aromatic N) is 1. The molecule has 25 heavy (non-hydrogen) atoms. The number of pyridine rings is 1. The molecule has 0 aliphatic carbocycles. The number of carbonyl (C=O) groups is 2. The van der Waals surface area contributed by atoms with Gasteiger partial charge in [0.05, 0.1) is 5.69 Å². The maximum absolute atomic E-state index is 12.2. The Morgan fingerprint density at radius 1 is 1.24 bits per heavy atom. The Balaban J connectivity index is 1.88. The summed E-state index contributed by atoms with van der Waals surface area (Å²) in [7, 11) is 0. The number of carbonyl (C=O) groups excluding carboxylic acids is 2. The molecule has 7 heteroatoms. The van der Waals surface area contributed by atoms with Crippen LogP contribution in [0.15, 0.2) is 35.3 Å². The topological polar surface area (TPSA) is 91.5 Å². The molecule has 4 rings (SSSR count). The third-order valence-electron chi connectivity index (χ3n) is 4.65. The van der Waals surface area contributed by atoms with Gasteiger partial charge in [0.15, 0.2) is 6.61 Å². The average molecular weight is 339 g/mol. The van der Waals surface area contributed by atoms with E-state index in [0.717, 1.165) is 5.56 Å². The fraction of sp³-hybridized carbons (Fsp3) is 0.278. The number of H-pyrrole nitrogens is 1. The summed E-state index contributed by atoms with van der Waals surface area (Å²) in [4.78, 5) is 40.7. The van der Waals surface area contributed by atoms with Gasteiger partial charge in [-0.15, -0.1) is 0 Å². The predicted octanol–water partition coefficient (Wildman–Crippen LogP) is 1.59. The molecule has 128 valence electrons. The van der Waals surface area contributed by atoms with Gasteiger partial charge in [-0.3, -0.25) is 14.4 Å². The van der Waals surface area contributed by atoms with E-state index in [2.05, 4.69) is 10.3 Å². The Morgan fingerprint density at radius 2 is 2.08 bits per heavy atom. The highest BCUT2D eigenvalue weighted by molar-refractivity contribution is 6.01. The maximum atomic E-state index is 12.2. The van der Waals surface area contributed by atoms with Crippen molar-refractivity contribution >= 4 is 23.2 Å². The fourth-order valence-corrected chi connectivity index (χ4v) is 3.49. The third kappa shape index (κ3) is 2.48. The lowest BCUT2D eigenvalue weighted by molar-refractivity contribution is -0.121. The Kier molecular flexibility index (Phi) is 3.56. The summed E-state index contributed by atoms with van der Waals surface area (Å²) < 4.78 is 5.59. The summed E-state index contributed by atoms with van der Waals surface area (Å²) >= 11 is 0. The minimum Gasteiger partial charge on any atom is -0.482 e. The molecule has 1 aromatic carbocycles. The van der Waals surface area contributed by atoms with Crippen LogP contribution in [0.3, 0.4) is 0 Å². The lowest BCUT2D eigenvalue weighted by Gasteiger charge is -2.32. The van der Waals surface area contributed by atoms with Gasteiger partial charge in [-0.1, -0.05) is 6.07 Å². The average Bonchev–Trinajstić information content (AvgIpc) is 2.60. The molecule has 0 fully saturated rings. The second-order valence-corrected chi connectivity index (χ2v) is 6.09.